The van der Waals surface area contributed by atoms with Crippen LogP contribution in [0.5, 0.6) is 0 Å². The standard InChI is InChI=1S/C20H33N/c1-16(2)18-10-8-17(9-11-18)14-20(12-6-7-13-20)15-21-19(3,4)5/h8-11,16,21H,6-7,12-15H2,1-5H3. The van der Waals surface area contributed by atoms with Crippen molar-refractivity contribution in [1.29, 1.82) is 0 Å². The van der Waals surface area contributed by atoms with Crippen LogP contribution in [-0.4, -0.2) is 12.1 Å². The molecule has 1 nitrogen and oxygen atoms in total. The van der Waals surface area contributed by atoms with Gasteiger partial charge in [0.2, 0.25) is 0 Å². The molecule has 1 aliphatic rings. The van der Waals surface area contributed by atoms with Gasteiger partial charge in [0.15, 0.2) is 0 Å². The fourth-order valence-electron chi connectivity index (χ4n) is 3.45. The molecule has 21 heavy (non-hydrogen) atoms. The molecule has 1 aromatic rings. The van der Waals surface area contributed by atoms with Crippen molar-refractivity contribution in [3.63, 3.8) is 0 Å². The largest absolute Gasteiger partial charge is 0.312 e. The highest BCUT2D eigenvalue weighted by atomic mass is 15.0. The van der Waals surface area contributed by atoms with Crippen molar-refractivity contribution in [2.45, 2.75) is 78.2 Å². The first-order chi connectivity index (χ1) is 9.80. The van der Waals surface area contributed by atoms with E-state index in [1.54, 1.807) is 0 Å². The molecule has 1 N–H and O–H groups in total. The van der Waals surface area contributed by atoms with Crippen molar-refractivity contribution in [2.24, 2.45) is 5.41 Å². The van der Waals surface area contributed by atoms with Gasteiger partial charge >= 0.3 is 0 Å². The smallest absolute Gasteiger partial charge is 0.00967 e. The Balaban J connectivity index is 2.05. The Morgan fingerprint density at radius 1 is 1.05 bits per heavy atom. The van der Waals surface area contributed by atoms with Gasteiger partial charge in [-0.15, -0.1) is 0 Å². The maximum absolute atomic E-state index is 3.75. The summed E-state index contributed by atoms with van der Waals surface area (Å²) in [5.41, 5.74) is 3.66. The van der Waals surface area contributed by atoms with E-state index >= 15 is 0 Å². The van der Waals surface area contributed by atoms with Crippen LogP contribution >= 0.6 is 0 Å². The lowest BCUT2D eigenvalue weighted by Gasteiger charge is -2.33. The van der Waals surface area contributed by atoms with Crippen LogP contribution in [0.4, 0.5) is 0 Å². The molecule has 0 atom stereocenters. The molecule has 0 saturated heterocycles. The summed E-state index contributed by atoms with van der Waals surface area (Å²) < 4.78 is 0. The predicted octanol–water partition coefficient (Wildman–Crippen LogP) is 5.30. The summed E-state index contributed by atoms with van der Waals surface area (Å²) in [6.07, 6.45) is 6.78. The minimum absolute atomic E-state index is 0.219. The first-order valence-electron chi connectivity index (χ1n) is 8.64. The second-order valence-corrected chi connectivity index (χ2v) is 8.38. The Hall–Kier alpha value is -0.820. The Bertz CT molecular complexity index is 430. The fourth-order valence-corrected chi connectivity index (χ4v) is 3.45. The van der Waals surface area contributed by atoms with Gasteiger partial charge in [-0.2, -0.15) is 0 Å². The molecule has 2 rings (SSSR count). The third-order valence-electron chi connectivity index (χ3n) is 4.88. The zero-order chi connectivity index (χ0) is 15.5. The molecule has 0 aliphatic heterocycles. The summed E-state index contributed by atoms with van der Waals surface area (Å²) in [5.74, 6) is 0.627. The number of rotatable bonds is 5. The maximum atomic E-state index is 3.75. The molecule has 1 aromatic carbocycles. The van der Waals surface area contributed by atoms with Crippen LogP contribution in [-0.2, 0) is 6.42 Å². The van der Waals surface area contributed by atoms with E-state index in [0.29, 0.717) is 11.3 Å². The number of hydrogen-bond donors (Lipinski definition) is 1. The lowest BCUT2D eigenvalue weighted by atomic mass is 9.79. The zero-order valence-electron chi connectivity index (χ0n) is 14.6. The van der Waals surface area contributed by atoms with Crippen LogP contribution in [0.1, 0.15) is 77.3 Å². The molecule has 0 aromatic heterocycles. The minimum atomic E-state index is 0.219. The summed E-state index contributed by atoms with van der Waals surface area (Å²) in [5, 5.41) is 3.75. The Morgan fingerprint density at radius 3 is 2.10 bits per heavy atom. The number of hydrogen-bond acceptors (Lipinski definition) is 1. The van der Waals surface area contributed by atoms with Crippen LogP contribution in [0.3, 0.4) is 0 Å². The lowest BCUT2D eigenvalue weighted by Crippen LogP contribution is -2.43. The second kappa shape index (κ2) is 6.52. The van der Waals surface area contributed by atoms with Crippen LogP contribution in [0.2, 0.25) is 0 Å². The normalized spacial score (nSPS) is 18.4. The average molecular weight is 287 g/mol. The van der Waals surface area contributed by atoms with Crippen molar-refractivity contribution < 1.29 is 0 Å². The first-order valence-corrected chi connectivity index (χ1v) is 8.64. The lowest BCUT2D eigenvalue weighted by molar-refractivity contribution is 0.245. The monoisotopic (exact) mass is 287 g/mol. The highest BCUT2D eigenvalue weighted by Crippen LogP contribution is 2.41. The molecule has 1 aliphatic carbocycles. The molecular formula is C20H33N. The van der Waals surface area contributed by atoms with E-state index in [1.807, 2.05) is 0 Å². The maximum Gasteiger partial charge on any atom is 0.00967 e. The molecule has 0 unspecified atom stereocenters. The molecule has 1 heteroatoms. The van der Waals surface area contributed by atoms with Gasteiger partial charge in [0.25, 0.3) is 0 Å². The Morgan fingerprint density at radius 2 is 1.62 bits per heavy atom. The quantitative estimate of drug-likeness (QED) is 0.774. The predicted molar refractivity (Wildman–Crippen MR) is 92.9 cm³/mol. The third kappa shape index (κ3) is 4.85. The highest BCUT2D eigenvalue weighted by molar-refractivity contribution is 5.25. The minimum Gasteiger partial charge on any atom is -0.312 e. The van der Waals surface area contributed by atoms with E-state index in [-0.39, 0.29) is 5.54 Å². The SMILES string of the molecule is CC(C)c1ccc(CC2(CNC(C)(C)C)CCCC2)cc1. The van der Waals surface area contributed by atoms with Crippen LogP contribution in [0, 0.1) is 5.41 Å². The van der Waals surface area contributed by atoms with Crippen molar-refractivity contribution in [3.05, 3.63) is 35.4 Å². The summed E-state index contributed by atoms with van der Waals surface area (Å²) in [6.45, 7) is 12.5. The summed E-state index contributed by atoms with van der Waals surface area (Å²) in [6, 6.07) is 9.35. The molecule has 118 valence electrons. The van der Waals surface area contributed by atoms with Crippen molar-refractivity contribution in [2.75, 3.05) is 6.54 Å². The summed E-state index contributed by atoms with van der Waals surface area (Å²) in [7, 11) is 0. The van der Waals surface area contributed by atoms with Gasteiger partial charge in [-0.1, -0.05) is 51.0 Å². The van der Waals surface area contributed by atoms with Crippen molar-refractivity contribution >= 4 is 0 Å². The third-order valence-corrected chi connectivity index (χ3v) is 4.88. The van der Waals surface area contributed by atoms with E-state index in [9.17, 15) is 0 Å². The highest BCUT2D eigenvalue weighted by Gasteiger charge is 2.34. The molecule has 1 fully saturated rings. The molecule has 0 bridgehead atoms. The van der Waals surface area contributed by atoms with Crippen LogP contribution in [0.25, 0.3) is 0 Å². The Kier molecular flexibility index (Phi) is 5.14. The van der Waals surface area contributed by atoms with Crippen molar-refractivity contribution in [3.8, 4) is 0 Å². The van der Waals surface area contributed by atoms with Gasteiger partial charge in [-0.3, -0.25) is 0 Å². The summed E-state index contributed by atoms with van der Waals surface area (Å²) >= 11 is 0. The number of nitrogens with one attached hydrogen (secondary N) is 1. The van der Waals surface area contributed by atoms with Gasteiger partial charge in [-0.05, 0) is 62.5 Å². The van der Waals surface area contributed by atoms with Gasteiger partial charge in [0.1, 0.15) is 0 Å². The van der Waals surface area contributed by atoms with E-state index in [0.717, 1.165) is 6.54 Å². The molecule has 0 spiro atoms. The van der Waals surface area contributed by atoms with Crippen molar-refractivity contribution in [1.82, 2.24) is 5.32 Å². The molecule has 0 radical (unpaired) electrons. The Labute approximate surface area is 131 Å². The van der Waals surface area contributed by atoms with E-state index in [4.69, 9.17) is 0 Å². The zero-order valence-corrected chi connectivity index (χ0v) is 14.6. The molecule has 0 amide bonds. The van der Waals surface area contributed by atoms with Gasteiger partial charge in [0, 0.05) is 12.1 Å². The van der Waals surface area contributed by atoms with Gasteiger partial charge in [-0.25, -0.2) is 0 Å². The second-order valence-electron chi connectivity index (χ2n) is 8.38. The topological polar surface area (TPSA) is 12.0 Å². The van der Waals surface area contributed by atoms with Crippen LogP contribution < -0.4 is 5.32 Å². The fraction of sp³-hybridized carbons (Fsp3) is 0.700. The summed E-state index contributed by atoms with van der Waals surface area (Å²) in [4.78, 5) is 0. The van der Waals surface area contributed by atoms with E-state index in [1.165, 1.54) is 43.2 Å². The average Bonchev–Trinajstić information content (AvgIpc) is 2.85. The molecule has 1 saturated carbocycles. The van der Waals surface area contributed by atoms with Crippen LogP contribution in [0.15, 0.2) is 24.3 Å². The molecule has 0 heterocycles. The number of benzene rings is 1. The van der Waals surface area contributed by atoms with E-state index < -0.39 is 0 Å². The van der Waals surface area contributed by atoms with Gasteiger partial charge in [0.05, 0.1) is 0 Å². The van der Waals surface area contributed by atoms with Gasteiger partial charge < -0.3 is 5.32 Å². The van der Waals surface area contributed by atoms with E-state index in [2.05, 4.69) is 64.2 Å². The first kappa shape index (κ1) is 16.5. The molecular weight excluding hydrogens is 254 g/mol.